The van der Waals surface area contributed by atoms with Crippen molar-refractivity contribution < 1.29 is 26.7 Å². The second-order valence-corrected chi connectivity index (χ2v) is 7.66. The zero-order chi connectivity index (χ0) is 21.0. The Morgan fingerprint density at radius 2 is 1.55 bits per heavy atom. The van der Waals surface area contributed by atoms with Crippen molar-refractivity contribution in [1.82, 2.24) is 0 Å². The fraction of sp³-hybridized carbons (Fsp3) is 0.391. The van der Waals surface area contributed by atoms with Crippen LogP contribution in [-0.2, 0) is 6.61 Å². The summed E-state index contributed by atoms with van der Waals surface area (Å²) >= 11 is 0. The van der Waals surface area contributed by atoms with Gasteiger partial charge in [-0.1, -0.05) is 31.9 Å². The number of benzene rings is 2. The van der Waals surface area contributed by atoms with Crippen molar-refractivity contribution in [1.29, 1.82) is 0 Å². The molecule has 1 aliphatic rings. The molecule has 3 rings (SSSR count). The lowest BCUT2D eigenvalue weighted by Gasteiger charge is -2.26. The Bertz CT molecular complexity index is 824. The average molecular weight is 410 g/mol. The van der Waals surface area contributed by atoms with Gasteiger partial charge in [-0.3, -0.25) is 0 Å². The van der Waals surface area contributed by atoms with Crippen LogP contribution in [0.1, 0.15) is 55.2 Å². The van der Waals surface area contributed by atoms with Crippen LogP contribution in [0.5, 0.6) is 5.75 Å². The van der Waals surface area contributed by atoms with Gasteiger partial charge in [0.2, 0.25) is 0 Å². The van der Waals surface area contributed by atoms with Crippen molar-refractivity contribution >= 4 is 6.08 Å². The molecule has 156 valence electrons. The third-order valence-corrected chi connectivity index (χ3v) is 5.35. The first-order chi connectivity index (χ1) is 13.7. The van der Waals surface area contributed by atoms with Crippen LogP contribution in [0.2, 0.25) is 0 Å². The first kappa shape index (κ1) is 21.3. The summed E-state index contributed by atoms with van der Waals surface area (Å²) in [5.74, 6) is -0.220. The van der Waals surface area contributed by atoms with Gasteiger partial charge in [-0.05, 0) is 66.1 Å². The molecule has 0 atom stereocenters. The quantitative estimate of drug-likeness (QED) is 0.466. The lowest BCUT2D eigenvalue weighted by molar-refractivity contribution is -0.0790. The molecule has 2 aromatic carbocycles. The van der Waals surface area contributed by atoms with Crippen molar-refractivity contribution in [3.8, 4) is 5.75 Å². The van der Waals surface area contributed by atoms with E-state index < -0.39 is 23.4 Å². The highest BCUT2D eigenvalue weighted by atomic mass is 19.4. The molecule has 29 heavy (non-hydrogen) atoms. The fourth-order valence-electron chi connectivity index (χ4n) is 3.65. The number of hydrogen-bond donors (Lipinski definition) is 0. The molecular weight excluding hydrogens is 387 g/mol. The van der Waals surface area contributed by atoms with Gasteiger partial charge in [0.05, 0.1) is 0 Å². The van der Waals surface area contributed by atoms with E-state index in [9.17, 15) is 22.0 Å². The van der Waals surface area contributed by atoms with Crippen LogP contribution in [0.4, 0.5) is 22.0 Å². The Balaban J connectivity index is 1.62. The van der Waals surface area contributed by atoms with Gasteiger partial charge in [-0.2, -0.15) is 13.2 Å². The van der Waals surface area contributed by atoms with E-state index in [1.54, 1.807) is 0 Å². The summed E-state index contributed by atoms with van der Waals surface area (Å²) < 4.78 is 70.2. The zero-order valence-electron chi connectivity index (χ0n) is 16.1. The molecule has 0 bridgehead atoms. The summed E-state index contributed by atoms with van der Waals surface area (Å²) in [7, 11) is 0. The second kappa shape index (κ2) is 8.97. The van der Waals surface area contributed by atoms with Crippen LogP contribution >= 0.6 is 0 Å². The normalized spacial score (nSPS) is 20.2. The monoisotopic (exact) mass is 410 g/mol. The Labute approximate surface area is 167 Å². The minimum atomic E-state index is -4.64. The van der Waals surface area contributed by atoms with Gasteiger partial charge in [0.1, 0.15) is 24.0 Å². The predicted molar refractivity (Wildman–Crippen MR) is 103 cm³/mol. The minimum absolute atomic E-state index is 0.0859. The largest absolute Gasteiger partial charge is 0.489 e. The van der Waals surface area contributed by atoms with Gasteiger partial charge in [-0.25, -0.2) is 8.78 Å². The summed E-state index contributed by atoms with van der Waals surface area (Å²) in [6.45, 7) is 2.19. The van der Waals surface area contributed by atoms with E-state index in [-0.39, 0.29) is 18.2 Å². The number of rotatable bonds is 5. The van der Waals surface area contributed by atoms with Crippen LogP contribution in [0.25, 0.3) is 6.08 Å². The van der Waals surface area contributed by atoms with Crippen molar-refractivity contribution in [2.75, 3.05) is 0 Å². The molecule has 0 aromatic heterocycles. The molecule has 1 nitrogen and oxygen atoms in total. The first-order valence-corrected chi connectivity index (χ1v) is 9.68. The van der Waals surface area contributed by atoms with E-state index in [1.165, 1.54) is 31.2 Å². The van der Waals surface area contributed by atoms with Gasteiger partial charge in [-0.15, -0.1) is 0 Å². The molecule has 1 aliphatic carbocycles. The van der Waals surface area contributed by atoms with Gasteiger partial charge in [0.15, 0.2) is 0 Å². The topological polar surface area (TPSA) is 9.23 Å². The highest BCUT2D eigenvalue weighted by Gasteiger charge is 2.23. The minimum Gasteiger partial charge on any atom is -0.489 e. The maximum absolute atomic E-state index is 14.0. The lowest BCUT2D eigenvalue weighted by Crippen LogP contribution is -2.10. The summed E-state index contributed by atoms with van der Waals surface area (Å²) in [5, 5.41) is 0. The molecule has 0 radical (unpaired) electrons. The molecule has 0 spiro atoms. The van der Waals surface area contributed by atoms with Crippen LogP contribution < -0.4 is 4.74 Å². The van der Waals surface area contributed by atoms with Crippen LogP contribution in [-0.4, -0.2) is 6.18 Å². The van der Waals surface area contributed by atoms with Gasteiger partial charge < -0.3 is 4.74 Å². The highest BCUT2D eigenvalue weighted by Crippen LogP contribution is 2.36. The van der Waals surface area contributed by atoms with E-state index >= 15 is 0 Å². The number of hydrogen-bond acceptors (Lipinski definition) is 1. The summed E-state index contributed by atoms with van der Waals surface area (Å²) in [5.41, 5.74) is 0.744. The van der Waals surface area contributed by atoms with Gasteiger partial charge in [0.25, 0.3) is 0 Å². The molecule has 2 aromatic rings. The van der Waals surface area contributed by atoms with Gasteiger partial charge in [0, 0.05) is 11.6 Å². The smallest absolute Gasteiger partial charge is 0.409 e. The van der Waals surface area contributed by atoms with Crippen LogP contribution in [0, 0.1) is 17.6 Å². The lowest BCUT2D eigenvalue weighted by atomic mass is 9.79. The number of ether oxygens (including phenoxy) is 1. The van der Waals surface area contributed by atoms with E-state index in [4.69, 9.17) is 4.74 Å². The Morgan fingerprint density at radius 3 is 2.10 bits per heavy atom. The van der Waals surface area contributed by atoms with Gasteiger partial charge >= 0.3 is 6.18 Å². The summed E-state index contributed by atoms with van der Waals surface area (Å²) in [6, 6.07) is 9.67. The van der Waals surface area contributed by atoms with Crippen molar-refractivity contribution in [2.45, 2.75) is 51.3 Å². The molecule has 0 N–H and O–H groups in total. The molecule has 0 amide bonds. The molecule has 0 unspecified atom stereocenters. The standard InChI is InChI=1S/C23H23F5O/c1-15-2-4-17(5-3-15)18-6-8-19(9-7-18)29-14-16-12-21(24)20(22(25)13-16)10-11-23(26,27)28/h6-13,15,17H,2-5,14H2,1H3/b11-10+. The summed E-state index contributed by atoms with van der Waals surface area (Å²) in [4.78, 5) is 0. The van der Waals surface area contributed by atoms with Crippen molar-refractivity contribution in [2.24, 2.45) is 5.92 Å². The predicted octanol–water partition coefficient (Wildman–Crippen LogP) is 7.41. The Morgan fingerprint density at radius 1 is 0.966 bits per heavy atom. The van der Waals surface area contributed by atoms with E-state index in [1.807, 2.05) is 24.3 Å². The molecule has 0 aliphatic heterocycles. The first-order valence-electron chi connectivity index (χ1n) is 9.68. The number of alkyl halides is 3. The molecular formula is C23H23F5O. The highest BCUT2D eigenvalue weighted by molar-refractivity contribution is 5.52. The number of allylic oxidation sites excluding steroid dienone is 1. The maximum atomic E-state index is 14.0. The van der Waals surface area contributed by atoms with Crippen LogP contribution in [0.3, 0.4) is 0 Å². The fourth-order valence-corrected chi connectivity index (χ4v) is 3.65. The molecule has 1 saturated carbocycles. The van der Waals surface area contributed by atoms with E-state index in [0.717, 1.165) is 18.1 Å². The SMILES string of the molecule is CC1CCC(c2ccc(OCc3cc(F)c(/C=C/C(F)(F)F)c(F)c3)cc2)CC1. The Hall–Kier alpha value is -2.37. The summed E-state index contributed by atoms with van der Waals surface area (Å²) in [6.07, 6.45) is 0.369. The third-order valence-electron chi connectivity index (χ3n) is 5.35. The molecule has 0 saturated heterocycles. The molecule has 1 fully saturated rings. The van der Waals surface area contributed by atoms with Crippen molar-refractivity contribution in [3.05, 3.63) is 70.8 Å². The maximum Gasteiger partial charge on any atom is 0.409 e. The van der Waals surface area contributed by atoms with Crippen molar-refractivity contribution in [3.63, 3.8) is 0 Å². The van der Waals surface area contributed by atoms with E-state index in [0.29, 0.717) is 17.7 Å². The van der Waals surface area contributed by atoms with Crippen LogP contribution in [0.15, 0.2) is 42.5 Å². The average Bonchev–Trinajstić information content (AvgIpc) is 2.66. The number of halogens is 5. The Kier molecular flexibility index (Phi) is 6.60. The molecule has 6 heteroatoms. The molecule has 0 heterocycles. The van der Waals surface area contributed by atoms with E-state index in [2.05, 4.69) is 6.92 Å². The zero-order valence-corrected chi connectivity index (χ0v) is 16.1. The third kappa shape index (κ3) is 6.05. The second-order valence-electron chi connectivity index (χ2n) is 7.66.